The summed E-state index contributed by atoms with van der Waals surface area (Å²) in [7, 11) is 0. The van der Waals surface area contributed by atoms with Crippen LogP contribution in [0.4, 0.5) is 10.1 Å². The van der Waals surface area contributed by atoms with E-state index in [0.29, 0.717) is 5.56 Å². The lowest BCUT2D eigenvalue weighted by atomic mass is 10.2. The van der Waals surface area contributed by atoms with Crippen LogP contribution in [0.15, 0.2) is 48.5 Å². The molecule has 2 amide bonds. The van der Waals surface area contributed by atoms with Crippen LogP contribution in [0.25, 0.3) is 0 Å². The molecule has 0 saturated heterocycles. The number of hydrogen-bond donors (Lipinski definition) is 1. The number of esters is 1. The molecule has 0 aliphatic heterocycles. The van der Waals surface area contributed by atoms with Crippen LogP contribution in [-0.2, 0) is 20.9 Å². The van der Waals surface area contributed by atoms with Crippen LogP contribution in [0.2, 0.25) is 0 Å². The number of halogens is 1. The van der Waals surface area contributed by atoms with Gasteiger partial charge in [0.15, 0.2) is 6.61 Å². The van der Waals surface area contributed by atoms with Crippen LogP contribution in [0.1, 0.15) is 22.8 Å². The second-order valence-corrected chi connectivity index (χ2v) is 6.19. The average molecular weight is 417 g/mol. The summed E-state index contributed by atoms with van der Waals surface area (Å²) in [5.74, 6) is -2.29. The highest BCUT2D eigenvalue weighted by Crippen LogP contribution is 2.14. The van der Waals surface area contributed by atoms with Crippen molar-refractivity contribution in [3.8, 4) is 0 Å². The summed E-state index contributed by atoms with van der Waals surface area (Å²) in [5.41, 5.74) is 0.367. The minimum Gasteiger partial charge on any atom is -0.452 e. The van der Waals surface area contributed by atoms with Crippen LogP contribution in [0.3, 0.4) is 0 Å². The molecule has 158 valence electrons. The highest BCUT2D eigenvalue weighted by molar-refractivity contribution is 5.92. The predicted octanol–water partition coefficient (Wildman–Crippen LogP) is 2.06. The van der Waals surface area contributed by atoms with Gasteiger partial charge < -0.3 is 15.0 Å². The number of nitro benzene ring substituents is 1. The Morgan fingerprint density at radius 3 is 2.50 bits per heavy atom. The first kappa shape index (κ1) is 22.5. The van der Waals surface area contributed by atoms with E-state index in [-0.39, 0.29) is 36.7 Å². The van der Waals surface area contributed by atoms with Gasteiger partial charge in [-0.1, -0.05) is 18.2 Å². The fourth-order valence-electron chi connectivity index (χ4n) is 2.46. The summed E-state index contributed by atoms with van der Waals surface area (Å²) < 4.78 is 17.8. The van der Waals surface area contributed by atoms with Gasteiger partial charge in [0.05, 0.1) is 17.0 Å². The highest BCUT2D eigenvalue weighted by atomic mass is 19.1. The molecule has 0 bridgehead atoms. The van der Waals surface area contributed by atoms with Gasteiger partial charge >= 0.3 is 5.97 Å². The number of non-ortho nitro benzene ring substituents is 1. The minimum absolute atomic E-state index is 0.0583. The zero-order valence-corrected chi connectivity index (χ0v) is 16.2. The number of nitro groups is 1. The van der Waals surface area contributed by atoms with Crippen molar-refractivity contribution >= 4 is 23.5 Å². The SMILES string of the molecule is CCN(CC(=O)NCc1ccc(F)cc1)C(=O)COC(=O)c1cccc([N+](=O)[O-])c1. The van der Waals surface area contributed by atoms with Gasteiger partial charge in [-0.3, -0.25) is 19.7 Å². The first-order valence-corrected chi connectivity index (χ1v) is 9.00. The van der Waals surface area contributed by atoms with E-state index in [0.717, 1.165) is 6.07 Å². The van der Waals surface area contributed by atoms with Gasteiger partial charge in [0, 0.05) is 25.2 Å². The van der Waals surface area contributed by atoms with Gasteiger partial charge in [-0.05, 0) is 30.7 Å². The van der Waals surface area contributed by atoms with E-state index in [1.165, 1.54) is 47.4 Å². The van der Waals surface area contributed by atoms with Gasteiger partial charge in [-0.2, -0.15) is 0 Å². The standard InChI is InChI=1S/C20H20FN3O6/c1-2-23(12-18(25)22-11-14-6-8-16(21)9-7-14)19(26)13-30-20(27)15-4-3-5-17(10-15)24(28)29/h3-10H,2,11-13H2,1H3,(H,22,25). The van der Waals surface area contributed by atoms with Crippen LogP contribution in [0.5, 0.6) is 0 Å². The number of hydrogen-bond acceptors (Lipinski definition) is 6. The molecule has 30 heavy (non-hydrogen) atoms. The zero-order valence-electron chi connectivity index (χ0n) is 16.2. The summed E-state index contributed by atoms with van der Waals surface area (Å²) in [6.07, 6.45) is 0. The van der Waals surface area contributed by atoms with Crippen molar-refractivity contribution in [3.05, 3.63) is 75.6 Å². The molecular weight excluding hydrogens is 397 g/mol. The first-order chi connectivity index (χ1) is 14.3. The summed E-state index contributed by atoms with van der Waals surface area (Å²) in [4.78, 5) is 47.7. The van der Waals surface area contributed by atoms with E-state index >= 15 is 0 Å². The lowest BCUT2D eigenvalue weighted by Gasteiger charge is -2.20. The number of nitrogens with one attached hydrogen (secondary N) is 1. The average Bonchev–Trinajstić information content (AvgIpc) is 2.75. The summed E-state index contributed by atoms with van der Waals surface area (Å²) in [6.45, 7) is 1.18. The third kappa shape index (κ3) is 6.66. The van der Waals surface area contributed by atoms with E-state index in [9.17, 15) is 28.9 Å². The van der Waals surface area contributed by atoms with E-state index in [2.05, 4.69) is 5.32 Å². The fourth-order valence-corrected chi connectivity index (χ4v) is 2.46. The largest absolute Gasteiger partial charge is 0.452 e. The Kier molecular flexibility index (Phi) is 7.98. The van der Waals surface area contributed by atoms with Crippen molar-refractivity contribution < 1.29 is 28.4 Å². The van der Waals surface area contributed by atoms with Gasteiger partial charge in [-0.25, -0.2) is 9.18 Å². The molecule has 1 N–H and O–H groups in total. The number of benzene rings is 2. The Bertz CT molecular complexity index is 932. The van der Waals surface area contributed by atoms with Gasteiger partial charge in [0.1, 0.15) is 5.82 Å². The quantitative estimate of drug-likeness (QED) is 0.379. The molecule has 0 aromatic heterocycles. The molecule has 10 heteroatoms. The molecule has 0 atom stereocenters. The first-order valence-electron chi connectivity index (χ1n) is 9.00. The maximum atomic E-state index is 12.9. The number of rotatable bonds is 9. The molecule has 0 aliphatic carbocycles. The lowest BCUT2D eigenvalue weighted by Crippen LogP contribution is -2.42. The fraction of sp³-hybridized carbons (Fsp3) is 0.250. The molecule has 2 rings (SSSR count). The monoisotopic (exact) mass is 417 g/mol. The van der Waals surface area contributed by atoms with E-state index in [1.807, 2.05) is 0 Å². The number of amides is 2. The number of nitrogens with zero attached hydrogens (tertiary/aromatic N) is 2. The van der Waals surface area contributed by atoms with Gasteiger partial charge in [0.2, 0.25) is 5.91 Å². The Balaban J connectivity index is 1.84. The second-order valence-electron chi connectivity index (χ2n) is 6.19. The Labute approximate surface area is 171 Å². The zero-order chi connectivity index (χ0) is 22.1. The number of carbonyl (C=O) groups excluding carboxylic acids is 3. The summed E-state index contributed by atoms with van der Waals surface area (Å²) in [5, 5.41) is 13.4. The highest BCUT2D eigenvalue weighted by Gasteiger charge is 2.19. The van der Waals surface area contributed by atoms with Crippen molar-refractivity contribution in [2.75, 3.05) is 19.7 Å². The van der Waals surface area contributed by atoms with E-state index < -0.39 is 29.3 Å². The van der Waals surface area contributed by atoms with Crippen molar-refractivity contribution in [1.82, 2.24) is 10.2 Å². The molecule has 0 heterocycles. The van der Waals surface area contributed by atoms with Crippen LogP contribution >= 0.6 is 0 Å². The predicted molar refractivity (Wildman–Crippen MR) is 104 cm³/mol. The van der Waals surface area contributed by atoms with Crippen LogP contribution in [-0.4, -0.2) is 47.3 Å². The minimum atomic E-state index is -0.885. The third-order valence-corrected chi connectivity index (χ3v) is 4.09. The smallest absolute Gasteiger partial charge is 0.338 e. The third-order valence-electron chi connectivity index (χ3n) is 4.09. The molecule has 0 aliphatic rings. The topological polar surface area (TPSA) is 119 Å². The second kappa shape index (κ2) is 10.6. The summed E-state index contributed by atoms with van der Waals surface area (Å²) in [6, 6.07) is 10.6. The summed E-state index contributed by atoms with van der Waals surface area (Å²) >= 11 is 0. The Morgan fingerprint density at radius 1 is 1.17 bits per heavy atom. The van der Waals surface area contributed by atoms with Crippen LogP contribution < -0.4 is 5.32 Å². The van der Waals surface area contributed by atoms with Crippen molar-refractivity contribution in [1.29, 1.82) is 0 Å². The molecular formula is C20H20FN3O6. The van der Waals surface area contributed by atoms with E-state index in [1.54, 1.807) is 6.92 Å². The Morgan fingerprint density at radius 2 is 1.87 bits per heavy atom. The molecule has 0 spiro atoms. The number of carbonyl (C=O) groups is 3. The van der Waals surface area contributed by atoms with Gasteiger partial charge in [0.25, 0.3) is 11.6 Å². The maximum Gasteiger partial charge on any atom is 0.338 e. The molecule has 9 nitrogen and oxygen atoms in total. The van der Waals surface area contributed by atoms with Crippen molar-refractivity contribution in [2.24, 2.45) is 0 Å². The molecule has 0 saturated carbocycles. The molecule has 0 fully saturated rings. The molecule has 2 aromatic rings. The van der Waals surface area contributed by atoms with Crippen molar-refractivity contribution in [2.45, 2.75) is 13.5 Å². The van der Waals surface area contributed by atoms with Gasteiger partial charge in [-0.15, -0.1) is 0 Å². The van der Waals surface area contributed by atoms with E-state index in [4.69, 9.17) is 4.74 Å². The van der Waals surface area contributed by atoms with Crippen LogP contribution in [0, 0.1) is 15.9 Å². The lowest BCUT2D eigenvalue weighted by molar-refractivity contribution is -0.384. The molecule has 0 unspecified atom stereocenters. The normalized spacial score (nSPS) is 10.2. The maximum absolute atomic E-state index is 12.9. The number of likely N-dealkylation sites (N-methyl/N-ethyl adjacent to an activating group) is 1. The molecule has 2 aromatic carbocycles. The Hall–Kier alpha value is -3.82. The number of ether oxygens (including phenoxy) is 1. The van der Waals surface area contributed by atoms with Crippen molar-refractivity contribution in [3.63, 3.8) is 0 Å². The molecule has 0 radical (unpaired) electrons.